The van der Waals surface area contributed by atoms with E-state index in [9.17, 15) is 9.59 Å². The molecule has 2 aromatic rings. The van der Waals surface area contributed by atoms with Crippen LogP contribution in [0.15, 0.2) is 53.6 Å². The summed E-state index contributed by atoms with van der Waals surface area (Å²) in [6, 6.07) is 14.5. The Morgan fingerprint density at radius 3 is 2.44 bits per heavy atom. The molecule has 170 valence electrons. The molecule has 32 heavy (non-hydrogen) atoms. The lowest BCUT2D eigenvalue weighted by molar-refractivity contribution is -0.133. The van der Waals surface area contributed by atoms with Crippen LogP contribution in [-0.4, -0.2) is 61.4 Å². The first kappa shape index (κ1) is 23.1. The maximum atomic E-state index is 13.2. The normalized spacial score (nSPS) is 15.4. The van der Waals surface area contributed by atoms with Crippen LogP contribution in [0.25, 0.3) is 0 Å². The Morgan fingerprint density at radius 1 is 1.12 bits per heavy atom. The van der Waals surface area contributed by atoms with Crippen molar-refractivity contribution in [1.29, 1.82) is 0 Å². The second-order valence-corrected chi connectivity index (χ2v) is 7.94. The SMILES string of the molecule is COc1ccc(C2=NN(C(=O)CN(C)C(=O)NC(C)C)[C@@H](c3ccccc3OC)C2)cc1. The average molecular weight is 439 g/mol. The number of methoxy groups -OCH3 is 2. The van der Waals surface area contributed by atoms with Crippen LogP contribution in [-0.2, 0) is 4.79 Å². The van der Waals surface area contributed by atoms with Crippen LogP contribution >= 0.6 is 0 Å². The number of urea groups is 1. The number of likely N-dealkylation sites (N-methyl/N-ethyl adjacent to an activating group) is 1. The second-order valence-electron chi connectivity index (χ2n) is 7.94. The van der Waals surface area contributed by atoms with Gasteiger partial charge in [-0.25, -0.2) is 9.80 Å². The van der Waals surface area contributed by atoms with Crippen molar-refractivity contribution < 1.29 is 19.1 Å². The van der Waals surface area contributed by atoms with E-state index in [-0.39, 0.29) is 30.6 Å². The zero-order valence-electron chi connectivity index (χ0n) is 19.2. The molecule has 8 nitrogen and oxygen atoms in total. The lowest BCUT2D eigenvalue weighted by Gasteiger charge is -2.26. The second kappa shape index (κ2) is 10.2. The molecule has 0 saturated heterocycles. The molecule has 0 aliphatic carbocycles. The van der Waals surface area contributed by atoms with Crippen molar-refractivity contribution in [2.45, 2.75) is 32.4 Å². The van der Waals surface area contributed by atoms with Crippen molar-refractivity contribution in [2.75, 3.05) is 27.8 Å². The van der Waals surface area contributed by atoms with E-state index in [2.05, 4.69) is 10.4 Å². The Bertz CT molecular complexity index is 988. The van der Waals surface area contributed by atoms with Gasteiger partial charge in [-0.2, -0.15) is 5.10 Å². The number of rotatable bonds is 7. The van der Waals surface area contributed by atoms with Crippen molar-refractivity contribution in [3.63, 3.8) is 0 Å². The predicted octanol–water partition coefficient (Wildman–Crippen LogP) is 3.43. The van der Waals surface area contributed by atoms with Gasteiger partial charge in [0.2, 0.25) is 0 Å². The van der Waals surface area contributed by atoms with Crippen molar-refractivity contribution in [1.82, 2.24) is 15.2 Å². The zero-order valence-corrected chi connectivity index (χ0v) is 19.2. The number of amides is 3. The van der Waals surface area contributed by atoms with Crippen molar-refractivity contribution >= 4 is 17.6 Å². The van der Waals surface area contributed by atoms with Crippen molar-refractivity contribution in [3.05, 3.63) is 59.7 Å². The molecule has 1 aliphatic heterocycles. The third-order valence-corrected chi connectivity index (χ3v) is 5.22. The fourth-order valence-corrected chi connectivity index (χ4v) is 3.59. The molecular formula is C24H30N4O4. The average Bonchev–Trinajstić information content (AvgIpc) is 3.24. The Balaban J connectivity index is 1.90. The van der Waals surface area contributed by atoms with Gasteiger partial charge in [-0.15, -0.1) is 0 Å². The van der Waals surface area contributed by atoms with E-state index in [1.54, 1.807) is 21.3 Å². The van der Waals surface area contributed by atoms with Crippen LogP contribution in [0.3, 0.4) is 0 Å². The summed E-state index contributed by atoms with van der Waals surface area (Å²) in [7, 11) is 4.82. The number of ether oxygens (including phenoxy) is 2. The van der Waals surface area contributed by atoms with Gasteiger partial charge in [-0.1, -0.05) is 18.2 Å². The first-order valence-electron chi connectivity index (χ1n) is 10.5. The number of para-hydroxylation sites is 1. The van der Waals surface area contributed by atoms with E-state index in [1.165, 1.54) is 9.91 Å². The molecular weight excluding hydrogens is 408 g/mol. The molecule has 3 amide bonds. The van der Waals surface area contributed by atoms with Crippen molar-refractivity contribution in [2.24, 2.45) is 5.10 Å². The number of hydrazone groups is 1. The highest BCUT2D eigenvalue weighted by atomic mass is 16.5. The molecule has 1 atom stereocenters. The van der Waals surface area contributed by atoms with Crippen LogP contribution in [0.4, 0.5) is 4.79 Å². The van der Waals surface area contributed by atoms with E-state index in [0.29, 0.717) is 12.2 Å². The summed E-state index contributed by atoms with van der Waals surface area (Å²) < 4.78 is 10.8. The summed E-state index contributed by atoms with van der Waals surface area (Å²) in [5.41, 5.74) is 2.56. The van der Waals surface area contributed by atoms with E-state index in [4.69, 9.17) is 9.47 Å². The van der Waals surface area contributed by atoms with E-state index >= 15 is 0 Å². The van der Waals surface area contributed by atoms with Gasteiger partial charge in [-0.05, 0) is 49.7 Å². The molecule has 1 aliphatic rings. The molecule has 1 N–H and O–H groups in total. The topological polar surface area (TPSA) is 83.5 Å². The zero-order chi connectivity index (χ0) is 23.3. The van der Waals surface area contributed by atoms with Gasteiger partial charge < -0.3 is 19.7 Å². The summed E-state index contributed by atoms with van der Waals surface area (Å²) in [4.78, 5) is 26.9. The van der Waals surface area contributed by atoms with Gasteiger partial charge in [0, 0.05) is 25.1 Å². The van der Waals surface area contributed by atoms with Gasteiger partial charge in [-0.3, -0.25) is 4.79 Å². The quantitative estimate of drug-likeness (QED) is 0.718. The number of hydrogen-bond acceptors (Lipinski definition) is 5. The van der Waals surface area contributed by atoms with E-state index in [1.807, 2.05) is 62.4 Å². The summed E-state index contributed by atoms with van der Waals surface area (Å²) in [6.07, 6.45) is 0.528. The number of hydrogen-bond donors (Lipinski definition) is 1. The Labute approximate surface area is 188 Å². The maximum absolute atomic E-state index is 13.2. The minimum absolute atomic E-state index is 0.0205. The minimum Gasteiger partial charge on any atom is -0.497 e. The van der Waals surface area contributed by atoms with Gasteiger partial charge >= 0.3 is 6.03 Å². The highest BCUT2D eigenvalue weighted by Gasteiger charge is 2.35. The smallest absolute Gasteiger partial charge is 0.317 e. The molecule has 0 spiro atoms. The van der Waals surface area contributed by atoms with Crippen LogP contribution < -0.4 is 14.8 Å². The predicted molar refractivity (Wildman–Crippen MR) is 123 cm³/mol. The standard InChI is InChI=1S/C24H30N4O4/c1-16(2)25-24(30)27(3)15-23(29)28-21(19-8-6-7-9-22(19)32-5)14-20(26-28)17-10-12-18(31-4)13-11-17/h6-13,16,21H,14-15H2,1-5H3,(H,25,30)/t21-/m1/s1. The number of benzene rings is 2. The third-order valence-electron chi connectivity index (χ3n) is 5.22. The molecule has 0 bridgehead atoms. The Morgan fingerprint density at radius 2 is 1.81 bits per heavy atom. The highest BCUT2D eigenvalue weighted by Crippen LogP contribution is 2.37. The highest BCUT2D eigenvalue weighted by molar-refractivity contribution is 6.03. The molecule has 0 radical (unpaired) electrons. The van der Waals surface area contributed by atoms with E-state index in [0.717, 1.165) is 22.6 Å². The third kappa shape index (κ3) is 5.19. The summed E-state index contributed by atoms with van der Waals surface area (Å²) in [5.74, 6) is 1.16. The number of carbonyl (C=O) groups excluding carboxylic acids is 2. The van der Waals surface area contributed by atoms with Gasteiger partial charge in [0.25, 0.3) is 5.91 Å². The van der Waals surface area contributed by atoms with Crippen LogP contribution in [0.2, 0.25) is 0 Å². The Hall–Kier alpha value is -3.55. The fourth-order valence-electron chi connectivity index (χ4n) is 3.59. The van der Waals surface area contributed by atoms with Crippen LogP contribution in [0.5, 0.6) is 11.5 Å². The summed E-state index contributed by atoms with van der Waals surface area (Å²) in [6.45, 7) is 3.65. The minimum atomic E-state index is -0.336. The molecule has 0 aromatic heterocycles. The molecule has 2 aromatic carbocycles. The molecule has 0 unspecified atom stereocenters. The lowest BCUT2D eigenvalue weighted by Crippen LogP contribution is -2.45. The first-order chi connectivity index (χ1) is 15.3. The number of nitrogens with one attached hydrogen (secondary N) is 1. The van der Waals surface area contributed by atoms with Gasteiger partial charge in [0.15, 0.2) is 0 Å². The molecule has 0 fully saturated rings. The monoisotopic (exact) mass is 438 g/mol. The molecule has 0 saturated carbocycles. The first-order valence-corrected chi connectivity index (χ1v) is 10.5. The summed E-state index contributed by atoms with van der Waals surface area (Å²) in [5, 5.41) is 8.93. The molecule has 1 heterocycles. The summed E-state index contributed by atoms with van der Waals surface area (Å²) >= 11 is 0. The lowest BCUT2D eigenvalue weighted by atomic mass is 9.97. The van der Waals surface area contributed by atoms with Gasteiger partial charge in [0.05, 0.1) is 26.0 Å². The number of carbonyl (C=O) groups is 2. The van der Waals surface area contributed by atoms with Crippen molar-refractivity contribution in [3.8, 4) is 11.5 Å². The number of nitrogens with zero attached hydrogens (tertiary/aromatic N) is 3. The Kier molecular flexibility index (Phi) is 7.35. The van der Waals surface area contributed by atoms with Gasteiger partial charge in [0.1, 0.15) is 18.0 Å². The maximum Gasteiger partial charge on any atom is 0.317 e. The fraction of sp³-hybridized carbons (Fsp3) is 0.375. The largest absolute Gasteiger partial charge is 0.497 e. The van der Waals surface area contributed by atoms with E-state index < -0.39 is 0 Å². The molecule has 8 heteroatoms. The van der Waals surface area contributed by atoms with Crippen LogP contribution in [0.1, 0.15) is 37.4 Å². The van der Waals surface area contributed by atoms with Crippen LogP contribution in [0, 0.1) is 0 Å². The molecule has 3 rings (SSSR count).